The Bertz CT molecular complexity index is 961. The van der Waals surface area contributed by atoms with Gasteiger partial charge in [0.05, 0.1) is 0 Å². The Kier molecular flexibility index (Phi) is 6.77. The van der Waals surface area contributed by atoms with Crippen LogP contribution < -0.4 is 5.32 Å². The molecule has 0 spiro atoms. The Hall–Kier alpha value is -3.09. The number of nitrogens with zero attached hydrogens (tertiary/aromatic N) is 2. The molecule has 1 saturated heterocycles. The number of rotatable bonds is 3. The van der Waals surface area contributed by atoms with Crippen LogP contribution in [0.5, 0.6) is 0 Å². The van der Waals surface area contributed by atoms with Crippen LogP contribution in [0.15, 0.2) is 48.5 Å². The van der Waals surface area contributed by atoms with Crippen molar-refractivity contribution in [1.29, 1.82) is 0 Å². The number of carbonyl (C=O) groups excluding carboxylic acids is 2. The smallest absolute Gasteiger partial charge is 0.410 e. The predicted molar refractivity (Wildman–Crippen MR) is 124 cm³/mol. The molecule has 7 heteroatoms. The van der Waals surface area contributed by atoms with Crippen molar-refractivity contribution in [2.45, 2.75) is 51.7 Å². The van der Waals surface area contributed by atoms with Gasteiger partial charge in [0.2, 0.25) is 0 Å². The summed E-state index contributed by atoms with van der Waals surface area (Å²) in [5.41, 5.74) is 1.42. The minimum Gasteiger partial charge on any atom is -0.444 e. The second-order valence-electron chi connectivity index (χ2n) is 9.54. The van der Waals surface area contributed by atoms with Gasteiger partial charge < -0.3 is 19.9 Å². The molecule has 6 nitrogen and oxygen atoms in total. The third-order valence-electron chi connectivity index (χ3n) is 5.90. The molecular weight excluding hydrogens is 409 g/mol. The van der Waals surface area contributed by atoms with Crippen molar-refractivity contribution in [1.82, 2.24) is 9.80 Å². The lowest BCUT2D eigenvalue weighted by atomic mass is 9.88. The van der Waals surface area contributed by atoms with Gasteiger partial charge in [0, 0.05) is 31.4 Å². The molecule has 3 amide bonds. The Morgan fingerprint density at radius 3 is 2.25 bits per heavy atom. The molecule has 0 aromatic heterocycles. The van der Waals surface area contributed by atoms with Crippen LogP contribution in [0.3, 0.4) is 0 Å². The van der Waals surface area contributed by atoms with E-state index in [1.54, 1.807) is 35.0 Å². The third kappa shape index (κ3) is 5.78. The number of nitrogens with one attached hydrogen (secondary N) is 1. The maximum Gasteiger partial charge on any atom is 0.410 e. The van der Waals surface area contributed by atoms with Crippen LogP contribution in [0.25, 0.3) is 11.1 Å². The molecule has 0 bridgehead atoms. The Morgan fingerprint density at radius 1 is 1.06 bits per heavy atom. The van der Waals surface area contributed by atoms with Gasteiger partial charge in [-0.1, -0.05) is 24.3 Å². The predicted octanol–water partition coefficient (Wildman–Crippen LogP) is 5.75. The molecule has 1 aliphatic heterocycles. The first-order valence-corrected chi connectivity index (χ1v) is 10.9. The van der Waals surface area contributed by atoms with Gasteiger partial charge >= 0.3 is 12.1 Å². The fraction of sp³-hybridized carbons (Fsp3) is 0.440. The lowest BCUT2D eigenvalue weighted by Gasteiger charge is -2.45. The molecular formula is C25H32FN3O3. The summed E-state index contributed by atoms with van der Waals surface area (Å²) in [6.07, 6.45) is 1.01. The minimum atomic E-state index is -0.529. The highest BCUT2D eigenvalue weighted by Crippen LogP contribution is 2.29. The standard InChI is InChI=1S/C25H32FN3O3/c1-24(2,3)32-23(31)29-15-13-25(4,14-16-29)28(5)22(30)27-21-11-9-18(10-12-21)19-7-6-8-20(26)17-19/h6-12,17H,13-16H2,1-5H3,(H,27,30). The van der Waals surface area contributed by atoms with Crippen molar-refractivity contribution in [2.75, 3.05) is 25.5 Å². The van der Waals surface area contributed by atoms with Crippen LogP contribution in [-0.2, 0) is 4.74 Å². The van der Waals surface area contributed by atoms with E-state index in [4.69, 9.17) is 4.74 Å². The molecule has 2 aromatic carbocycles. The van der Waals surface area contributed by atoms with Crippen LogP contribution in [0, 0.1) is 5.82 Å². The van der Waals surface area contributed by atoms with Gasteiger partial charge in [-0.15, -0.1) is 0 Å². The molecule has 1 heterocycles. The number of likely N-dealkylation sites (tertiary alicyclic amines) is 1. The van der Waals surface area contributed by atoms with Crippen molar-refractivity contribution in [3.63, 3.8) is 0 Å². The Labute approximate surface area is 189 Å². The number of anilines is 1. The topological polar surface area (TPSA) is 61.9 Å². The monoisotopic (exact) mass is 441 g/mol. The van der Waals surface area contributed by atoms with E-state index in [1.165, 1.54) is 12.1 Å². The number of urea groups is 1. The average Bonchev–Trinajstić information content (AvgIpc) is 2.73. The van der Waals surface area contributed by atoms with E-state index in [0.717, 1.165) is 11.1 Å². The molecule has 3 rings (SSSR count). The van der Waals surface area contributed by atoms with Crippen molar-refractivity contribution in [3.8, 4) is 11.1 Å². The number of benzene rings is 2. The highest BCUT2D eigenvalue weighted by Gasteiger charge is 2.38. The van der Waals surface area contributed by atoms with E-state index >= 15 is 0 Å². The quantitative estimate of drug-likeness (QED) is 0.660. The van der Waals surface area contributed by atoms with Crippen LogP contribution >= 0.6 is 0 Å². The first-order valence-electron chi connectivity index (χ1n) is 10.9. The number of halogens is 1. The van der Waals surface area contributed by atoms with Gasteiger partial charge in [-0.25, -0.2) is 14.0 Å². The first-order chi connectivity index (χ1) is 15.0. The third-order valence-corrected chi connectivity index (χ3v) is 5.90. The summed E-state index contributed by atoms with van der Waals surface area (Å²) in [7, 11) is 1.78. The highest BCUT2D eigenvalue weighted by molar-refractivity contribution is 5.90. The lowest BCUT2D eigenvalue weighted by Crippen LogP contribution is -2.56. The van der Waals surface area contributed by atoms with Gasteiger partial charge in [0.25, 0.3) is 0 Å². The fourth-order valence-corrected chi connectivity index (χ4v) is 3.70. The molecule has 2 aromatic rings. The van der Waals surface area contributed by atoms with Crippen LogP contribution in [0.2, 0.25) is 0 Å². The number of hydrogen-bond acceptors (Lipinski definition) is 3. The van der Waals surface area contributed by atoms with E-state index in [0.29, 0.717) is 31.6 Å². The van der Waals surface area contributed by atoms with E-state index < -0.39 is 5.60 Å². The molecule has 0 radical (unpaired) electrons. The van der Waals surface area contributed by atoms with E-state index in [9.17, 15) is 14.0 Å². The summed E-state index contributed by atoms with van der Waals surface area (Å²) in [6, 6.07) is 13.5. The summed E-state index contributed by atoms with van der Waals surface area (Å²) in [5.74, 6) is -0.285. The van der Waals surface area contributed by atoms with Gasteiger partial charge in [0.1, 0.15) is 11.4 Å². The van der Waals surface area contributed by atoms with Crippen LogP contribution in [0.4, 0.5) is 19.7 Å². The zero-order valence-electron chi connectivity index (χ0n) is 19.4. The van der Waals surface area contributed by atoms with Gasteiger partial charge in [0.15, 0.2) is 0 Å². The van der Waals surface area contributed by atoms with Gasteiger partial charge in [-0.2, -0.15) is 0 Å². The molecule has 0 saturated carbocycles. The summed E-state index contributed by atoms with van der Waals surface area (Å²) >= 11 is 0. The zero-order chi connectivity index (χ0) is 23.5. The fourth-order valence-electron chi connectivity index (χ4n) is 3.70. The van der Waals surface area contributed by atoms with Crippen LogP contribution in [-0.4, -0.2) is 53.2 Å². The number of ether oxygens (including phenoxy) is 1. The van der Waals surface area contributed by atoms with E-state index in [-0.39, 0.29) is 23.5 Å². The summed E-state index contributed by atoms with van der Waals surface area (Å²) in [4.78, 5) is 28.6. The largest absolute Gasteiger partial charge is 0.444 e. The molecule has 0 unspecified atom stereocenters. The average molecular weight is 442 g/mol. The maximum absolute atomic E-state index is 13.5. The molecule has 0 atom stereocenters. The Balaban J connectivity index is 1.58. The number of piperidine rings is 1. The summed E-state index contributed by atoms with van der Waals surface area (Å²) in [5, 5.41) is 2.93. The summed E-state index contributed by atoms with van der Waals surface area (Å²) < 4.78 is 18.9. The van der Waals surface area contributed by atoms with Crippen molar-refractivity contribution >= 4 is 17.8 Å². The second-order valence-corrected chi connectivity index (χ2v) is 9.54. The van der Waals surface area contributed by atoms with E-state index in [1.807, 2.05) is 45.9 Å². The van der Waals surface area contributed by atoms with E-state index in [2.05, 4.69) is 5.32 Å². The van der Waals surface area contributed by atoms with Gasteiger partial charge in [-0.05, 0) is 75.9 Å². The normalized spacial score (nSPS) is 15.8. The maximum atomic E-state index is 13.5. The second kappa shape index (κ2) is 9.18. The highest BCUT2D eigenvalue weighted by atomic mass is 19.1. The lowest BCUT2D eigenvalue weighted by molar-refractivity contribution is 0.00895. The number of hydrogen-bond donors (Lipinski definition) is 1. The van der Waals surface area contributed by atoms with Crippen molar-refractivity contribution in [3.05, 3.63) is 54.3 Å². The molecule has 32 heavy (non-hydrogen) atoms. The first kappa shape index (κ1) is 23.6. The summed E-state index contributed by atoms with van der Waals surface area (Å²) in [6.45, 7) is 8.65. The molecule has 0 aliphatic carbocycles. The molecule has 172 valence electrons. The SMILES string of the molecule is CN(C(=O)Nc1ccc(-c2cccc(F)c2)cc1)C1(C)CCN(C(=O)OC(C)(C)C)CC1. The molecule has 1 aliphatic rings. The Morgan fingerprint density at radius 2 is 1.69 bits per heavy atom. The minimum absolute atomic E-state index is 0.211. The van der Waals surface area contributed by atoms with Crippen molar-refractivity contribution < 1.29 is 18.7 Å². The van der Waals surface area contributed by atoms with Crippen LogP contribution in [0.1, 0.15) is 40.5 Å². The number of amides is 3. The molecule has 1 fully saturated rings. The van der Waals surface area contributed by atoms with Gasteiger partial charge in [-0.3, -0.25) is 0 Å². The van der Waals surface area contributed by atoms with Crippen molar-refractivity contribution in [2.24, 2.45) is 0 Å². The molecule has 1 N–H and O–H groups in total. The zero-order valence-corrected chi connectivity index (χ0v) is 19.4. The number of carbonyl (C=O) groups is 2.